The highest BCUT2D eigenvalue weighted by molar-refractivity contribution is 5.27. The Morgan fingerprint density at radius 3 is 3.11 bits per heavy atom. The van der Waals surface area contributed by atoms with Crippen molar-refractivity contribution in [3.63, 3.8) is 0 Å². The monoisotopic (exact) mass is 264 g/mol. The fourth-order valence-electron chi connectivity index (χ4n) is 3.15. The molecule has 2 aliphatic rings. The van der Waals surface area contributed by atoms with Gasteiger partial charge in [-0.05, 0) is 43.5 Å². The maximum atomic E-state index is 13.3. The van der Waals surface area contributed by atoms with Crippen molar-refractivity contribution in [2.24, 2.45) is 5.73 Å². The summed E-state index contributed by atoms with van der Waals surface area (Å²) in [6, 6.07) is 5.50. The summed E-state index contributed by atoms with van der Waals surface area (Å²) >= 11 is 0. The highest BCUT2D eigenvalue weighted by atomic mass is 19.1. The molecular formula is C15H21FN2O. The van der Waals surface area contributed by atoms with Crippen molar-refractivity contribution in [1.82, 2.24) is 4.90 Å². The zero-order valence-electron chi connectivity index (χ0n) is 11.3. The van der Waals surface area contributed by atoms with Crippen LogP contribution in [0, 0.1) is 12.7 Å². The summed E-state index contributed by atoms with van der Waals surface area (Å²) < 4.78 is 19.2. The van der Waals surface area contributed by atoms with E-state index >= 15 is 0 Å². The van der Waals surface area contributed by atoms with Gasteiger partial charge >= 0.3 is 0 Å². The first-order valence-corrected chi connectivity index (χ1v) is 7.02. The van der Waals surface area contributed by atoms with E-state index in [1.54, 1.807) is 13.0 Å². The van der Waals surface area contributed by atoms with E-state index in [1.807, 2.05) is 6.07 Å². The summed E-state index contributed by atoms with van der Waals surface area (Å²) in [5.74, 6) is -0.180. The smallest absolute Gasteiger partial charge is 0.126 e. The molecule has 3 atom stereocenters. The van der Waals surface area contributed by atoms with Crippen LogP contribution in [0.1, 0.15) is 30.0 Å². The van der Waals surface area contributed by atoms with Crippen LogP contribution < -0.4 is 5.73 Å². The van der Waals surface area contributed by atoms with E-state index in [-0.39, 0.29) is 18.0 Å². The maximum Gasteiger partial charge on any atom is 0.126 e. The SMILES string of the molecule is Cc1cc(C(N)C2CN3CCCC3CO2)ccc1F. The molecular weight excluding hydrogens is 243 g/mol. The second kappa shape index (κ2) is 5.19. The number of hydrogen-bond donors (Lipinski definition) is 1. The van der Waals surface area contributed by atoms with Crippen LogP contribution in [0.15, 0.2) is 18.2 Å². The molecule has 3 rings (SSSR count). The van der Waals surface area contributed by atoms with Gasteiger partial charge in [0, 0.05) is 12.6 Å². The fourth-order valence-corrected chi connectivity index (χ4v) is 3.15. The number of nitrogens with zero attached hydrogens (tertiary/aromatic N) is 1. The molecule has 2 fully saturated rings. The summed E-state index contributed by atoms with van der Waals surface area (Å²) in [7, 11) is 0. The van der Waals surface area contributed by atoms with Crippen LogP contribution in [0.4, 0.5) is 4.39 Å². The minimum Gasteiger partial charge on any atom is -0.373 e. The first-order chi connectivity index (χ1) is 9.15. The van der Waals surface area contributed by atoms with E-state index in [0.717, 1.165) is 25.3 Å². The third-order valence-corrected chi connectivity index (χ3v) is 4.38. The zero-order chi connectivity index (χ0) is 13.4. The van der Waals surface area contributed by atoms with E-state index < -0.39 is 0 Å². The Hall–Kier alpha value is -0.970. The Morgan fingerprint density at radius 1 is 1.47 bits per heavy atom. The standard InChI is InChI=1S/C15H21FN2O/c1-10-7-11(4-5-13(10)16)15(17)14-8-18-6-2-3-12(18)9-19-14/h4-5,7,12,14-15H,2-3,6,8-9,17H2,1H3. The molecule has 2 saturated heterocycles. The number of fused-ring (bicyclic) bond motifs is 1. The van der Waals surface area contributed by atoms with Gasteiger partial charge in [-0.2, -0.15) is 0 Å². The van der Waals surface area contributed by atoms with Crippen LogP contribution in [0.25, 0.3) is 0 Å². The number of hydrogen-bond acceptors (Lipinski definition) is 3. The molecule has 2 aliphatic heterocycles. The van der Waals surface area contributed by atoms with Gasteiger partial charge in [-0.1, -0.05) is 12.1 Å². The molecule has 1 aromatic rings. The number of ether oxygens (including phenoxy) is 1. The molecule has 1 aromatic carbocycles. The fraction of sp³-hybridized carbons (Fsp3) is 0.600. The summed E-state index contributed by atoms with van der Waals surface area (Å²) in [5.41, 5.74) is 7.90. The van der Waals surface area contributed by atoms with Crippen LogP contribution in [-0.2, 0) is 4.74 Å². The largest absolute Gasteiger partial charge is 0.373 e. The predicted molar refractivity (Wildman–Crippen MR) is 72.4 cm³/mol. The Bertz CT molecular complexity index is 465. The van der Waals surface area contributed by atoms with Gasteiger partial charge in [-0.3, -0.25) is 4.90 Å². The predicted octanol–water partition coefficient (Wildman–Crippen LogP) is 2.00. The van der Waals surface area contributed by atoms with Crippen molar-refractivity contribution in [2.45, 2.75) is 38.0 Å². The van der Waals surface area contributed by atoms with E-state index in [1.165, 1.54) is 18.9 Å². The third kappa shape index (κ3) is 2.53. The zero-order valence-corrected chi connectivity index (χ0v) is 11.3. The van der Waals surface area contributed by atoms with Crippen molar-refractivity contribution >= 4 is 0 Å². The Morgan fingerprint density at radius 2 is 2.32 bits per heavy atom. The summed E-state index contributed by atoms with van der Waals surface area (Å²) in [6.45, 7) is 4.59. The molecule has 3 unspecified atom stereocenters. The van der Waals surface area contributed by atoms with Gasteiger partial charge in [-0.15, -0.1) is 0 Å². The van der Waals surface area contributed by atoms with Crippen molar-refractivity contribution in [3.8, 4) is 0 Å². The van der Waals surface area contributed by atoms with E-state index in [0.29, 0.717) is 11.6 Å². The second-order valence-electron chi connectivity index (χ2n) is 5.70. The molecule has 2 heterocycles. The molecule has 104 valence electrons. The van der Waals surface area contributed by atoms with Crippen LogP contribution in [-0.4, -0.2) is 36.7 Å². The average molecular weight is 264 g/mol. The lowest BCUT2D eigenvalue weighted by Gasteiger charge is -2.37. The summed E-state index contributed by atoms with van der Waals surface area (Å²) in [5, 5.41) is 0. The average Bonchev–Trinajstić information content (AvgIpc) is 2.88. The molecule has 3 nitrogen and oxygen atoms in total. The molecule has 4 heteroatoms. The molecule has 0 radical (unpaired) electrons. The molecule has 0 amide bonds. The lowest BCUT2D eigenvalue weighted by Crippen LogP contribution is -2.49. The van der Waals surface area contributed by atoms with Crippen LogP contribution >= 0.6 is 0 Å². The summed E-state index contributed by atoms with van der Waals surface area (Å²) in [4.78, 5) is 2.48. The lowest BCUT2D eigenvalue weighted by molar-refractivity contribution is -0.0597. The molecule has 0 aliphatic carbocycles. The number of benzene rings is 1. The summed E-state index contributed by atoms with van der Waals surface area (Å²) in [6.07, 6.45) is 2.50. The first-order valence-electron chi connectivity index (χ1n) is 7.02. The normalized spacial score (nSPS) is 29.2. The molecule has 2 N–H and O–H groups in total. The highest BCUT2D eigenvalue weighted by Crippen LogP contribution is 2.28. The van der Waals surface area contributed by atoms with Crippen molar-refractivity contribution in [1.29, 1.82) is 0 Å². The van der Waals surface area contributed by atoms with E-state index in [4.69, 9.17) is 10.5 Å². The number of morpholine rings is 1. The minimum atomic E-state index is -0.180. The van der Waals surface area contributed by atoms with E-state index in [9.17, 15) is 4.39 Å². The number of halogens is 1. The topological polar surface area (TPSA) is 38.5 Å². The van der Waals surface area contributed by atoms with Gasteiger partial charge in [0.2, 0.25) is 0 Å². The Labute approximate surface area is 113 Å². The van der Waals surface area contributed by atoms with Gasteiger partial charge < -0.3 is 10.5 Å². The quantitative estimate of drug-likeness (QED) is 0.888. The van der Waals surface area contributed by atoms with Crippen LogP contribution in [0.5, 0.6) is 0 Å². The highest BCUT2D eigenvalue weighted by Gasteiger charge is 2.35. The van der Waals surface area contributed by atoms with Crippen LogP contribution in [0.2, 0.25) is 0 Å². The maximum absolute atomic E-state index is 13.3. The number of rotatable bonds is 2. The van der Waals surface area contributed by atoms with Crippen molar-refractivity contribution in [2.75, 3.05) is 19.7 Å². The minimum absolute atomic E-state index is 0.0132. The van der Waals surface area contributed by atoms with Crippen LogP contribution in [0.3, 0.4) is 0 Å². The van der Waals surface area contributed by atoms with Gasteiger partial charge in [0.25, 0.3) is 0 Å². The molecule has 0 saturated carbocycles. The number of nitrogens with two attached hydrogens (primary N) is 1. The van der Waals surface area contributed by atoms with E-state index in [2.05, 4.69) is 4.90 Å². The molecule has 19 heavy (non-hydrogen) atoms. The Balaban J connectivity index is 1.72. The first kappa shape index (κ1) is 13.0. The number of aryl methyl sites for hydroxylation is 1. The van der Waals surface area contributed by atoms with Gasteiger partial charge in [0.15, 0.2) is 0 Å². The second-order valence-corrected chi connectivity index (χ2v) is 5.70. The molecule has 0 bridgehead atoms. The lowest BCUT2D eigenvalue weighted by atomic mass is 9.98. The van der Waals surface area contributed by atoms with Crippen molar-refractivity contribution < 1.29 is 9.13 Å². The van der Waals surface area contributed by atoms with Gasteiger partial charge in [0.1, 0.15) is 5.82 Å². The van der Waals surface area contributed by atoms with Gasteiger partial charge in [-0.25, -0.2) is 4.39 Å². The Kier molecular flexibility index (Phi) is 3.56. The molecule has 0 spiro atoms. The molecule has 0 aromatic heterocycles. The van der Waals surface area contributed by atoms with Gasteiger partial charge in [0.05, 0.1) is 18.8 Å². The third-order valence-electron chi connectivity index (χ3n) is 4.38. The van der Waals surface area contributed by atoms with Crippen molar-refractivity contribution in [3.05, 3.63) is 35.1 Å².